The lowest BCUT2D eigenvalue weighted by molar-refractivity contribution is 0.461. The van der Waals surface area contributed by atoms with Crippen LogP contribution in [0.25, 0.3) is 11.1 Å². The van der Waals surface area contributed by atoms with Crippen molar-refractivity contribution >= 4 is 0 Å². The van der Waals surface area contributed by atoms with Gasteiger partial charge in [-0.15, -0.1) is 0 Å². The smallest absolute Gasteiger partial charge is 0.127 e. The van der Waals surface area contributed by atoms with E-state index in [-0.39, 0.29) is 22.3 Å². The highest BCUT2D eigenvalue weighted by Crippen LogP contribution is 2.50. The lowest BCUT2D eigenvalue weighted by Gasteiger charge is -2.32. The summed E-state index contributed by atoms with van der Waals surface area (Å²) < 4.78 is 0. The molecule has 154 valence electrons. The zero-order valence-electron chi connectivity index (χ0n) is 19.9. The summed E-state index contributed by atoms with van der Waals surface area (Å²) in [6.45, 7) is 25.5. The van der Waals surface area contributed by atoms with Crippen LogP contribution in [0.1, 0.15) is 86.1 Å². The molecule has 2 nitrogen and oxygen atoms in total. The van der Waals surface area contributed by atoms with Crippen LogP contribution in [0.15, 0.2) is 0 Å². The minimum atomic E-state index is -0.0580. The summed E-state index contributed by atoms with van der Waals surface area (Å²) in [5.74, 6) is 0.564. The van der Waals surface area contributed by atoms with Crippen LogP contribution < -0.4 is 0 Å². The third kappa shape index (κ3) is 3.32. The molecule has 2 rings (SSSR count). The first-order chi connectivity index (χ1) is 12.5. The van der Waals surface area contributed by atoms with E-state index in [4.69, 9.17) is 0 Å². The van der Waals surface area contributed by atoms with Gasteiger partial charge in [0.15, 0.2) is 0 Å². The molecule has 0 unspecified atom stereocenters. The largest absolute Gasteiger partial charge is 0.507 e. The van der Waals surface area contributed by atoms with Crippen LogP contribution in [-0.4, -0.2) is 10.2 Å². The third-order valence-electron chi connectivity index (χ3n) is 6.31. The SMILES string of the molecule is Cc1c(C)c(C(C)(C)C)c(C)c(-c2c(C)c(C(C)(C)C)c(C)c(C)c2O)c1O. The van der Waals surface area contributed by atoms with E-state index in [1.165, 1.54) is 11.1 Å². The topological polar surface area (TPSA) is 40.5 Å². The Bertz CT molecular complexity index is 869. The minimum absolute atomic E-state index is 0.0580. The Morgan fingerprint density at radius 1 is 0.429 bits per heavy atom. The molecule has 0 aliphatic heterocycles. The summed E-state index contributed by atoms with van der Waals surface area (Å²) in [6.07, 6.45) is 0. The molecule has 2 heteroatoms. The van der Waals surface area contributed by atoms with E-state index in [0.717, 1.165) is 44.5 Å². The molecule has 0 aliphatic rings. The standard InChI is InChI=1S/C26H38O2/c1-13-15(3)23(27)19(17(5)21(13)25(7,8)9)20-18(6)22(26(10,11)12)14(2)16(4)24(20)28/h27-28H,1-12H3. The zero-order valence-corrected chi connectivity index (χ0v) is 19.9. The second kappa shape index (κ2) is 6.83. The van der Waals surface area contributed by atoms with Crippen LogP contribution in [-0.2, 0) is 10.8 Å². The fourth-order valence-electron chi connectivity index (χ4n) is 5.13. The average molecular weight is 383 g/mol. The van der Waals surface area contributed by atoms with Crippen molar-refractivity contribution in [2.75, 3.05) is 0 Å². The molecule has 2 aromatic carbocycles. The van der Waals surface area contributed by atoms with Crippen molar-refractivity contribution < 1.29 is 10.2 Å². The van der Waals surface area contributed by atoms with Gasteiger partial charge in [-0.1, -0.05) is 41.5 Å². The summed E-state index contributed by atoms with van der Waals surface area (Å²) >= 11 is 0. The molecule has 0 aromatic heterocycles. The molecule has 0 bridgehead atoms. The summed E-state index contributed by atoms with van der Waals surface area (Å²) in [7, 11) is 0. The lowest BCUT2D eigenvalue weighted by Crippen LogP contribution is -2.19. The van der Waals surface area contributed by atoms with E-state index in [1.807, 2.05) is 13.8 Å². The molecule has 0 aliphatic carbocycles. The molecular formula is C26H38O2. The van der Waals surface area contributed by atoms with Gasteiger partial charge in [-0.2, -0.15) is 0 Å². The quantitative estimate of drug-likeness (QED) is 0.547. The number of rotatable bonds is 1. The predicted octanol–water partition coefficient (Wildman–Crippen LogP) is 7.21. The van der Waals surface area contributed by atoms with Crippen molar-refractivity contribution in [3.8, 4) is 22.6 Å². The summed E-state index contributed by atoms with van der Waals surface area (Å²) in [5, 5.41) is 22.4. The summed E-state index contributed by atoms with van der Waals surface area (Å²) in [6, 6.07) is 0. The van der Waals surface area contributed by atoms with E-state index in [2.05, 4.69) is 69.2 Å². The highest BCUT2D eigenvalue weighted by molar-refractivity contribution is 5.86. The molecule has 2 N–H and O–H groups in total. The maximum atomic E-state index is 11.2. The van der Waals surface area contributed by atoms with E-state index >= 15 is 0 Å². The Hall–Kier alpha value is -1.96. The van der Waals surface area contributed by atoms with Gasteiger partial charge in [-0.3, -0.25) is 0 Å². The van der Waals surface area contributed by atoms with Crippen LogP contribution >= 0.6 is 0 Å². The highest BCUT2D eigenvalue weighted by atomic mass is 16.3. The third-order valence-corrected chi connectivity index (χ3v) is 6.31. The average Bonchev–Trinajstić information content (AvgIpc) is 2.51. The molecule has 28 heavy (non-hydrogen) atoms. The fourth-order valence-corrected chi connectivity index (χ4v) is 5.13. The molecule has 2 aromatic rings. The van der Waals surface area contributed by atoms with Gasteiger partial charge in [-0.05, 0) is 96.9 Å². The second-order valence-electron chi connectivity index (χ2n) is 10.4. The first kappa shape index (κ1) is 22.3. The van der Waals surface area contributed by atoms with Crippen LogP contribution in [0.3, 0.4) is 0 Å². The van der Waals surface area contributed by atoms with Gasteiger partial charge in [0.1, 0.15) is 11.5 Å². The van der Waals surface area contributed by atoms with Gasteiger partial charge in [0.2, 0.25) is 0 Å². The van der Waals surface area contributed by atoms with Crippen molar-refractivity contribution in [2.45, 2.75) is 93.9 Å². The molecule has 0 spiro atoms. The Kier molecular flexibility index (Phi) is 5.44. The Morgan fingerprint density at radius 2 is 0.679 bits per heavy atom. The van der Waals surface area contributed by atoms with Gasteiger partial charge in [0, 0.05) is 11.1 Å². The maximum Gasteiger partial charge on any atom is 0.127 e. The summed E-state index contributed by atoms with van der Waals surface area (Å²) in [4.78, 5) is 0. The number of hydrogen-bond donors (Lipinski definition) is 2. The first-order valence-electron chi connectivity index (χ1n) is 10.2. The van der Waals surface area contributed by atoms with Crippen LogP contribution in [0.5, 0.6) is 11.5 Å². The molecule has 0 fully saturated rings. The first-order valence-corrected chi connectivity index (χ1v) is 10.2. The van der Waals surface area contributed by atoms with Crippen molar-refractivity contribution in [1.29, 1.82) is 0 Å². The van der Waals surface area contributed by atoms with E-state index in [1.54, 1.807) is 0 Å². The Morgan fingerprint density at radius 3 is 0.893 bits per heavy atom. The zero-order chi connectivity index (χ0) is 21.9. The van der Waals surface area contributed by atoms with Gasteiger partial charge >= 0.3 is 0 Å². The van der Waals surface area contributed by atoms with Crippen LogP contribution in [0.4, 0.5) is 0 Å². The monoisotopic (exact) mass is 382 g/mol. The van der Waals surface area contributed by atoms with Gasteiger partial charge in [0.25, 0.3) is 0 Å². The molecule has 0 radical (unpaired) electrons. The Labute approximate surface area is 171 Å². The molecule has 0 saturated carbocycles. The molecule has 0 atom stereocenters. The number of phenolic OH excluding ortho intramolecular Hbond substituents is 2. The van der Waals surface area contributed by atoms with Gasteiger partial charge in [-0.25, -0.2) is 0 Å². The number of aromatic hydroxyl groups is 2. The Balaban J connectivity index is 3.15. The van der Waals surface area contributed by atoms with Crippen LogP contribution in [0, 0.1) is 41.5 Å². The molecule has 0 saturated heterocycles. The summed E-state index contributed by atoms with van der Waals surface area (Å²) in [5.41, 5.74) is 10.1. The lowest BCUT2D eigenvalue weighted by atomic mass is 9.73. The van der Waals surface area contributed by atoms with E-state index in [9.17, 15) is 10.2 Å². The van der Waals surface area contributed by atoms with Crippen LogP contribution in [0.2, 0.25) is 0 Å². The van der Waals surface area contributed by atoms with Crippen molar-refractivity contribution in [3.63, 3.8) is 0 Å². The second-order valence-corrected chi connectivity index (χ2v) is 10.4. The minimum Gasteiger partial charge on any atom is -0.507 e. The number of phenols is 2. The maximum absolute atomic E-state index is 11.2. The molecular weight excluding hydrogens is 344 g/mol. The highest BCUT2D eigenvalue weighted by Gasteiger charge is 2.31. The molecule has 0 heterocycles. The predicted molar refractivity (Wildman–Crippen MR) is 121 cm³/mol. The van der Waals surface area contributed by atoms with Gasteiger partial charge in [0.05, 0.1) is 0 Å². The van der Waals surface area contributed by atoms with E-state index in [0.29, 0.717) is 0 Å². The van der Waals surface area contributed by atoms with Crippen molar-refractivity contribution in [3.05, 3.63) is 44.5 Å². The van der Waals surface area contributed by atoms with Crippen molar-refractivity contribution in [1.82, 2.24) is 0 Å². The number of hydrogen-bond acceptors (Lipinski definition) is 2. The number of benzene rings is 2. The van der Waals surface area contributed by atoms with Gasteiger partial charge < -0.3 is 10.2 Å². The normalized spacial score (nSPS) is 12.6. The van der Waals surface area contributed by atoms with Crippen molar-refractivity contribution in [2.24, 2.45) is 0 Å². The molecule has 0 amide bonds. The fraction of sp³-hybridized carbons (Fsp3) is 0.538. The van der Waals surface area contributed by atoms with E-state index < -0.39 is 0 Å².